The summed E-state index contributed by atoms with van der Waals surface area (Å²) in [6.45, 7) is 5.44. The molecule has 4 fully saturated rings. The molecule has 1 aliphatic heterocycles. The van der Waals surface area contributed by atoms with Crippen molar-refractivity contribution in [1.29, 1.82) is 5.26 Å². The average Bonchev–Trinajstić information content (AvgIpc) is 3.62. The summed E-state index contributed by atoms with van der Waals surface area (Å²) in [6.07, 6.45) is 1.02. The van der Waals surface area contributed by atoms with Crippen molar-refractivity contribution in [3.8, 4) is 6.07 Å². The average molecular weight is 713 g/mol. The number of thiophene rings is 1. The molecule has 1 saturated heterocycles. The van der Waals surface area contributed by atoms with E-state index in [-0.39, 0.29) is 27.8 Å². The van der Waals surface area contributed by atoms with Gasteiger partial charge in [-0.3, -0.25) is 9.69 Å². The molecule has 4 heterocycles. The van der Waals surface area contributed by atoms with Gasteiger partial charge in [0.1, 0.15) is 28.7 Å². The maximum absolute atomic E-state index is 13.0. The van der Waals surface area contributed by atoms with Crippen molar-refractivity contribution in [2.75, 3.05) is 24.1 Å². The van der Waals surface area contributed by atoms with Crippen LogP contribution in [-0.4, -0.2) is 56.2 Å². The highest BCUT2D eigenvalue weighted by Crippen LogP contribution is 2.68. The van der Waals surface area contributed by atoms with Gasteiger partial charge in [-0.25, -0.2) is 9.97 Å². The molecular formula is C38H39F3N8OS. The van der Waals surface area contributed by atoms with Crippen LogP contribution in [0.5, 0.6) is 0 Å². The first kappa shape index (κ1) is 33.5. The van der Waals surface area contributed by atoms with Crippen LogP contribution in [-0.2, 0) is 30.7 Å². The number of anilines is 2. The third-order valence-corrected chi connectivity index (χ3v) is 12.1. The molecule has 1 amide bonds. The Morgan fingerprint density at radius 1 is 1.10 bits per heavy atom. The fourth-order valence-electron chi connectivity index (χ4n) is 8.79. The number of amides is 1. The van der Waals surface area contributed by atoms with Crippen LogP contribution in [0.2, 0.25) is 0 Å². The van der Waals surface area contributed by atoms with E-state index in [9.17, 15) is 23.2 Å². The normalized spacial score (nSPS) is 22.0. The van der Waals surface area contributed by atoms with E-state index in [0.29, 0.717) is 33.8 Å². The maximum Gasteiger partial charge on any atom is 0.393 e. The van der Waals surface area contributed by atoms with Crippen LogP contribution in [0.25, 0.3) is 21.1 Å². The molecule has 51 heavy (non-hydrogen) atoms. The van der Waals surface area contributed by atoms with Gasteiger partial charge in [-0.2, -0.15) is 18.4 Å². The number of nitrogens with zero attached hydrogens (tertiary/aromatic N) is 5. The van der Waals surface area contributed by atoms with Gasteiger partial charge in [0.25, 0.3) is 0 Å². The van der Waals surface area contributed by atoms with Gasteiger partial charge >= 0.3 is 6.18 Å². The number of hydrogen-bond acceptors (Lipinski definition) is 8. The van der Waals surface area contributed by atoms with E-state index in [1.165, 1.54) is 17.5 Å². The van der Waals surface area contributed by atoms with Gasteiger partial charge in [0, 0.05) is 59.2 Å². The second kappa shape index (κ2) is 12.5. The second-order valence-electron chi connectivity index (χ2n) is 14.9. The number of likely N-dealkylation sites (tertiary alicyclic amines) is 1. The molecule has 2 bridgehead atoms. The predicted octanol–water partition coefficient (Wildman–Crippen LogP) is 6.87. The van der Waals surface area contributed by atoms with Crippen LogP contribution >= 0.6 is 11.3 Å². The first-order valence-corrected chi connectivity index (χ1v) is 18.2. The topological polar surface area (TPSA) is 125 Å². The van der Waals surface area contributed by atoms with Crippen LogP contribution < -0.4 is 16.4 Å². The molecule has 264 valence electrons. The molecule has 3 saturated carbocycles. The number of carbonyl (C=O) groups excluding carboxylic acids is 1. The van der Waals surface area contributed by atoms with Crippen molar-refractivity contribution in [3.63, 3.8) is 0 Å². The highest BCUT2D eigenvalue weighted by atomic mass is 32.1. The summed E-state index contributed by atoms with van der Waals surface area (Å²) in [7, 11) is 0. The molecule has 0 spiro atoms. The van der Waals surface area contributed by atoms with E-state index in [2.05, 4.69) is 55.2 Å². The number of benzene rings is 2. The second-order valence-corrected chi connectivity index (χ2v) is 16.0. The monoisotopic (exact) mass is 712 g/mol. The lowest BCUT2D eigenvalue weighted by molar-refractivity contribution is -0.171. The Balaban J connectivity index is 0.878. The van der Waals surface area contributed by atoms with Crippen LogP contribution in [0.4, 0.5) is 24.7 Å². The Kier molecular flexibility index (Phi) is 8.22. The molecule has 9 rings (SSSR count). The number of alkyl halides is 3. The molecular weight excluding hydrogens is 674 g/mol. The first-order valence-electron chi connectivity index (χ1n) is 17.4. The smallest absolute Gasteiger partial charge is 0.393 e. The SMILES string of the molecule is Cc1c(CN2CCC(Nc3ncnc4sc(CC(F)(F)F)cc34)CC2)ccc2c1cc(C#N)n2CC12CC(NC(=O)Cc3cccc(N)c3)(C1)C2. The number of carbonyl (C=O) groups is 1. The van der Waals surface area contributed by atoms with Crippen molar-refractivity contribution >= 4 is 49.9 Å². The minimum atomic E-state index is -4.26. The van der Waals surface area contributed by atoms with Gasteiger partial charge in [-0.05, 0) is 91.5 Å². The third-order valence-electron chi connectivity index (χ3n) is 11.0. The van der Waals surface area contributed by atoms with E-state index < -0.39 is 12.6 Å². The molecule has 3 aromatic heterocycles. The number of rotatable bonds is 10. The maximum atomic E-state index is 13.0. The van der Waals surface area contributed by atoms with Crippen molar-refractivity contribution in [1.82, 2.24) is 24.8 Å². The fourth-order valence-corrected chi connectivity index (χ4v) is 9.82. The van der Waals surface area contributed by atoms with E-state index in [0.717, 1.165) is 86.1 Å². The molecule has 4 N–H and O–H groups in total. The Morgan fingerprint density at radius 3 is 2.61 bits per heavy atom. The Bertz CT molecular complexity index is 2170. The van der Waals surface area contributed by atoms with Gasteiger partial charge in [-0.15, -0.1) is 11.3 Å². The minimum Gasteiger partial charge on any atom is -0.399 e. The summed E-state index contributed by atoms with van der Waals surface area (Å²) in [4.78, 5) is 24.6. The van der Waals surface area contributed by atoms with E-state index in [1.54, 1.807) is 6.07 Å². The fraction of sp³-hybridized carbons (Fsp3) is 0.421. The standard InChI is InChI=1S/C38H39F3N8OS/c1-23-25(17-48-9-7-27(8-10-48)46-34-31-14-29(15-38(39,40)41)51-35(31)45-22-44-34)5-6-32-30(23)13-28(16-42)49(32)21-36-18-37(19-36,20-36)47-33(50)12-24-3-2-4-26(43)11-24/h2-6,11,13-14,22,27H,7-10,12,15,17-21,43H2,1H3,(H,47,50)(H,44,45,46). The number of nitrogens with two attached hydrogens (primary N) is 1. The van der Waals surface area contributed by atoms with Crippen molar-refractivity contribution < 1.29 is 18.0 Å². The number of halogens is 3. The van der Waals surface area contributed by atoms with Crippen LogP contribution in [0.15, 0.2) is 54.9 Å². The zero-order valence-electron chi connectivity index (χ0n) is 28.3. The van der Waals surface area contributed by atoms with Crippen LogP contribution in [0.3, 0.4) is 0 Å². The third kappa shape index (κ3) is 6.63. The van der Waals surface area contributed by atoms with Gasteiger partial charge < -0.3 is 20.9 Å². The number of nitriles is 1. The summed E-state index contributed by atoms with van der Waals surface area (Å²) in [5, 5.41) is 18.6. The highest BCUT2D eigenvalue weighted by molar-refractivity contribution is 7.18. The number of nitrogens with one attached hydrogen (secondary N) is 2. The van der Waals surface area contributed by atoms with Gasteiger partial charge in [0.2, 0.25) is 5.91 Å². The summed E-state index contributed by atoms with van der Waals surface area (Å²) in [5.41, 5.74) is 11.6. The molecule has 2 aromatic carbocycles. The lowest BCUT2D eigenvalue weighted by Gasteiger charge is -2.70. The molecule has 13 heteroatoms. The number of aromatic nitrogens is 3. The highest BCUT2D eigenvalue weighted by Gasteiger charge is 2.68. The summed E-state index contributed by atoms with van der Waals surface area (Å²) >= 11 is 1.06. The summed E-state index contributed by atoms with van der Waals surface area (Å²) in [6, 6.07) is 17.9. The van der Waals surface area contributed by atoms with E-state index in [4.69, 9.17) is 5.73 Å². The van der Waals surface area contributed by atoms with Crippen molar-refractivity contribution in [3.05, 3.63) is 82.1 Å². The number of fused-ring (bicyclic) bond motifs is 2. The van der Waals surface area contributed by atoms with Crippen LogP contribution in [0, 0.1) is 23.7 Å². The zero-order valence-corrected chi connectivity index (χ0v) is 29.1. The van der Waals surface area contributed by atoms with Gasteiger partial charge in [0.05, 0.1) is 18.2 Å². The van der Waals surface area contributed by atoms with Gasteiger partial charge in [0.15, 0.2) is 0 Å². The Labute approximate surface area is 297 Å². The van der Waals surface area contributed by atoms with Crippen molar-refractivity contribution in [2.24, 2.45) is 5.41 Å². The molecule has 5 aromatic rings. The lowest BCUT2D eigenvalue weighted by atomic mass is 9.39. The largest absolute Gasteiger partial charge is 0.399 e. The molecule has 0 radical (unpaired) electrons. The number of nitrogen functional groups attached to an aromatic ring is 1. The first-order chi connectivity index (χ1) is 24.4. The Morgan fingerprint density at radius 2 is 1.88 bits per heavy atom. The lowest BCUT2D eigenvalue weighted by Crippen LogP contribution is -2.75. The molecule has 0 unspecified atom stereocenters. The summed E-state index contributed by atoms with van der Waals surface area (Å²) in [5.74, 6) is 0.615. The predicted molar refractivity (Wildman–Crippen MR) is 192 cm³/mol. The summed E-state index contributed by atoms with van der Waals surface area (Å²) < 4.78 is 41.1. The number of aryl methyl sites for hydroxylation is 1. The zero-order chi connectivity index (χ0) is 35.5. The van der Waals surface area contributed by atoms with Gasteiger partial charge in [-0.1, -0.05) is 18.2 Å². The molecule has 4 aliphatic rings. The van der Waals surface area contributed by atoms with E-state index in [1.807, 2.05) is 30.3 Å². The molecule has 3 aliphatic carbocycles. The number of hydrogen-bond donors (Lipinski definition) is 3. The molecule has 9 nitrogen and oxygen atoms in total. The minimum absolute atomic E-state index is 0.0219. The quantitative estimate of drug-likeness (QED) is 0.135. The number of piperidine rings is 1. The van der Waals surface area contributed by atoms with Crippen LogP contribution in [0.1, 0.15) is 59.4 Å². The molecule has 0 atom stereocenters. The van der Waals surface area contributed by atoms with Crippen molar-refractivity contribution in [2.45, 2.75) is 82.7 Å². The Hall–Kier alpha value is -4.67. The van der Waals surface area contributed by atoms with E-state index >= 15 is 0 Å².